The fourth-order valence-electron chi connectivity index (χ4n) is 2.37. The molecule has 0 unspecified atom stereocenters. The van der Waals surface area contributed by atoms with E-state index >= 15 is 0 Å². The Morgan fingerprint density at radius 2 is 2.00 bits per heavy atom. The van der Waals surface area contributed by atoms with Crippen molar-refractivity contribution in [1.82, 2.24) is 4.31 Å². The number of nitrogens with one attached hydrogen (secondary N) is 1. The van der Waals surface area contributed by atoms with E-state index in [0.717, 1.165) is 18.4 Å². The predicted octanol–water partition coefficient (Wildman–Crippen LogP) is 2.01. The van der Waals surface area contributed by atoms with Crippen molar-refractivity contribution < 1.29 is 13.2 Å². The van der Waals surface area contributed by atoms with Gasteiger partial charge in [0, 0.05) is 23.8 Å². The number of nitrogens with zero attached hydrogens (tertiary/aromatic N) is 1. The Morgan fingerprint density at radius 1 is 1.33 bits per heavy atom. The molecule has 0 atom stereocenters. The molecule has 2 aliphatic rings. The summed E-state index contributed by atoms with van der Waals surface area (Å²) in [6.07, 6.45) is 1.49. The van der Waals surface area contributed by atoms with E-state index in [2.05, 4.69) is 5.32 Å². The van der Waals surface area contributed by atoms with E-state index in [1.807, 2.05) is 6.92 Å². The highest BCUT2D eigenvalue weighted by Crippen LogP contribution is 2.34. The molecular weight excluding hydrogens is 312 g/mol. The predicted molar refractivity (Wildman–Crippen MR) is 81.8 cm³/mol. The monoisotopic (exact) mass is 328 g/mol. The summed E-state index contributed by atoms with van der Waals surface area (Å²) in [6.45, 7) is 2.40. The number of carbonyl (C=O) groups is 1. The molecule has 1 aliphatic carbocycles. The third-order valence-corrected chi connectivity index (χ3v) is 6.79. The first-order valence-electron chi connectivity index (χ1n) is 6.94. The lowest BCUT2D eigenvalue weighted by molar-refractivity contribution is -0.122. The normalized spacial score (nSPS) is 20.1. The van der Waals surface area contributed by atoms with Crippen LogP contribution in [0.3, 0.4) is 0 Å². The third-order valence-electron chi connectivity index (χ3n) is 4.05. The first kappa shape index (κ1) is 14.8. The molecule has 0 spiro atoms. The molecule has 1 aromatic carbocycles. The van der Waals surface area contributed by atoms with Crippen LogP contribution in [-0.4, -0.2) is 37.0 Å². The summed E-state index contributed by atoms with van der Waals surface area (Å²) >= 11 is 6.01. The second kappa shape index (κ2) is 5.26. The van der Waals surface area contributed by atoms with Gasteiger partial charge in [-0.3, -0.25) is 4.79 Å². The molecule has 1 saturated carbocycles. The number of hydrogen-bond acceptors (Lipinski definition) is 3. The molecule has 1 aromatic rings. The maximum Gasteiger partial charge on any atom is 0.230 e. The molecule has 1 saturated heterocycles. The van der Waals surface area contributed by atoms with Crippen LogP contribution < -0.4 is 5.32 Å². The molecule has 1 N–H and O–H groups in total. The van der Waals surface area contributed by atoms with Gasteiger partial charge in [0.2, 0.25) is 15.9 Å². The highest BCUT2D eigenvalue weighted by Gasteiger charge is 2.46. The van der Waals surface area contributed by atoms with E-state index in [-0.39, 0.29) is 30.2 Å². The van der Waals surface area contributed by atoms with Crippen molar-refractivity contribution in [2.45, 2.75) is 25.0 Å². The zero-order valence-corrected chi connectivity index (χ0v) is 13.2. The van der Waals surface area contributed by atoms with Crippen LogP contribution in [-0.2, 0) is 14.8 Å². The maximum absolute atomic E-state index is 12.1. The Bertz CT molecular complexity index is 679. The van der Waals surface area contributed by atoms with Crippen molar-refractivity contribution in [3.63, 3.8) is 0 Å². The molecule has 0 radical (unpaired) electrons. The summed E-state index contributed by atoms with van der Waals surface area (Å²) in [5.74, 6) is -0.431. The van der Waals surface area contributed by atoms with Crippen LogP contribution in [0.15, 0.2) is 18.2 Å². The van der Waals surface area contributed by atoms with Crippen LogP contribution >= 0.6 is 11.6 Å². The Labute approximate surface area is 129 Å². The lowest BCUT2D eigenvalue weighted by Gasteiger charge is -2.37. The lowest BCUT2D eigenvalue weighted by Crippen LogP contribution is -2.55. The number of amides is 1. The molecular formula is C14H17ClN2O3S. The molecule has 1 heterocycles. The van der Waals surface area contributed by atoms with Crippen molar-refractivity contribution >= 4 is 33.2 Å². The van der Waals surface area contributed by atoms with Gasteiger partial charge in [-0.05, 0) is 37.5 Å². The minimum absolute atomic E-state index is 0.150. The Morgan fingerprint density at radius 3 is 2.62 bits per heavy atom. The number of hydrogen-bond donors (Lipinski definition) is 1. The number of anilines is 1. The van der Waals surface area contributed by atoms with E-state index in [1.54, 1.807) is 18.2 Å². The molecule has 0 aromatic heterocycles. The van der Waals surface area contributed by atoms with Crippen molar-refractivity contribution in [3.8, 4) is 0 Å². The average molecular weight is 329 g/mol. The van der Waals surface area contributed by atoms with Gasteiger partial charge in [0.25, 0.3) is 0 Å². The van der Waals surface area contributed by atoms with Crippen molar-refractivity contribution in [1.29, 1.82) is 0 Å². The zero-order valence-electron chi connectivity index (χ0n) is 11.7. The van der Waals surface area contributed by atoms with Crippen LogP contribution in [0.25, 0.3) is 0 Å². The minimum Gasteiger partial charge on any atom is -0.325 e. The van der Waals surface area contributed by atoms with E-state index in [0.29, 0.717) is 10.7 Å². The van der Waals surface area contributed by atoms with Gasteiger partial charge >= 0.3 is 0 Å². The van der Waals surface area contributed by atoms with Gasteiger partial charge in [-0.2, -0.15) is 4.31 Å². The van der Waals surface area contributed by atoms with Crippen molar-refractivity contribution in [2.24, 2.45) is 5.92 Å². The summed E-state index contributed by atoms with van der Waals surface area (Å²) < 4.78 is 25.4. The number of carbonyl (C=O) groups excluding carboxylic acids is 1. The number of benzene rings is 1. The highest BCUT2D eigenvalue weighted by molar-refractivity contribution is 7.90. The first-order valence-corrected chi connectivity index (χ1v) is 8.82. The topological polar surface area (TPSA) is 66.5 Å². The van der Waals surface area contributed by atoms with Gasteiger partial charge in [-0.15, -0.1) is 0 Å². The Hall–Kier alpha value is -1.11. The van der Waals surface area contributed by atoms with Crippen molar-refractivity contribution in [2.75, 3.05) is 18.4 Å². The summed E-state index contributed by atoms with van der Waals surface area (Å²) in [6, 6.07) is 5.33. The smallest absolute Gasteiger partial charge is 0.230 e. The SMILES string of the molecule is Cc1c(Cl)cccc1NC(=O)C1CN(S(=O)(=O)C2CC2)C1. The number of rotatable bonds is 4. The van der Waals surface area contributed by atoms with Crippen LogP contribution in [0, 0.1) is 12.8 Å². The maximum atomic E-state index is 12.1. The van der Waals surface area contributed by atoms with Gasteiger partial charge in [0.05, 0.1) is 11.2 Å². The second-order valence-electron chi connectivity index (χ2n) is 5.66. The number of sulfonamides is 1. The minimum atomic E-state index is -3.15. The van der Waals surface area contributed by atoms with Gasteiger partial charge in [0.15, 0.2) is 0 Å². The molecule has 2 fully saturated rings. The molecule has 3 rings (SSSR count). The summed E-state index contributed by atoms with van der Waals surface area (Å²) in [5, 5.41) is 3.21. The standard InChI is InChI=1S/C14H17ClN2O3S/c1-9-12(15)3-2-4-13(9)16-14(18)10-7-17(8-10)21(19,20)11-5-6-11/h2-4,10-11H,5-8H2,1H3,(H,16,18). The van der Waals surface area contributed by atoms with Crippen LogP contribution in [0.5, 0.6) is 0 Å². The molecule has 114 valence electrons. The van der Waals surface area contributed by atoms with Crippen LogP contribution in [0.4, 0.5) is 5.69 Å². The van der Waals surface area contributed by atoms with E-state index < -0.39 is 10.0 Å². The Kier molecular flexibility index (Phi) is 3.71. The van der Waals surface area contributed by atoms with E-state index in [4.69, 9.17) is 11.6 Å². The van der Waals surface area contributed by atoms with Gasteiger partial charge in [-0.1, -0.05) is 17.7 Å². The molecule has 1 aliphatic heterocycles. The highest BCUT2D eigenvalue weighted by atomic mass is 35.5. The molecule has 5 nitrogen and oxygen atoms in total. The summed E-state index contributed by atoms with van der Waals surface area (Å²) in [4.78, 5) is 12.1. The third kappa shape index (κ3) is 2.80. The largest absolute Gasteiger partial charge is 0.325 e. The summed E-state index contributed by atoms with van der Waals surface area (Å²) in [7, 11) is -3.15. The zero-order chi connectivity index (χ0) is 15.2. The molecule has 7 heteroatoms. The van der Waals surface area contributed by atoms with Crippen molar-refractivity contribution in [3.05, 3.63) is 28.8 Å². The fourth-order valence-corrected chi connectivity index (χ4v) is 4.47. The van der Waals surface area contributed by atoms with Crippen LogP contribution in [0.2, 0.25) is 5.02 Å². The first-order chi connectivity index (χ1) is 9.89. The van der Waals surface area contributed by atoms with E-state index in [9.17, 15) is 13.2 Å². The molecule has 0 bridgehead atoms. The van der Waals surface area contributed by atoms with Gasteiger partial charge < -0.3 is 5.32 Å². The number of halogens is 1. The quantitative estimate of drug-likeness (QED) is 0.919. The average Bonchev–Trinajstić information content (AvgIpc) is 3.17. The second-order valence-corrected chi connectivity index (χ2v) is 8.28. The lowest BCUT2D eigenvalue weighted by atomic mass is 10.0. The fraction of sp³-hybridized carbons (Fsp3) is 0.500. The van der Waals surface area contributed by atoms with Crippen LogP contribution in [0.1, 0.15) is 18.4 Å². The molecule has 21 heavy (non-hydrogen) atoms. The van der Waals surface area contributed by atoms with Gasteiger partial charge in [-0.25, -0.2) is 8.42 Å². The summed E-state index contributed by atoms with van der Waals surface area (Å²) in [5.41, 5.74) is 1.49. The Balaban J connectivity index is 1.60. The van der Waals surface area contributed by atoms with E-state index in [1.165, 1.54) is 4.31 Å². The molecule has 1 amide bonds. The van der Waals surface area contributed by atoms with Gasteiger partial charge in [0.1, 0.15) is 0 Å².